The monoisotopic (exact) mass is 437 g/mol. The summed E-state index contributed by atoms with van der Waals surface area (Å²) in [5, 5.41) is 0. The summed E-state index contributed by atoms with van der Waals surface area (Å²) in [6, 6.07) is 0. The van der Waals surface area contributed by atoms with Crippen LogP contribution in [0.25, 0.3) is 0 Å². The second-order valence-electron chi connectivity index (χ2n) is 6.20. The van der Waals surface area contributed by atoms with Gasteiger partial charge in [-0.1, -0.05) is 82.6 Å². The molecule has 0 rings (SSSR count). The van der Waals surface area contributed by atoms with Crippen molar-refractivity contribution in [2.75, 3.05) is 59.8 Å². The Labute approximate surface area is 193 Å². The highest BCUT2D eigenvalue weighted by atomic mass is 16.5. The van der Waals surface area contributed by atoms with Crippen molar-refractivity contribution < 1.29 is 14.2 Å². The smallest absolute Gasteiger partial charge is 0.0701 e. The van der Waals surface area contributed by atoms with Gasteiger partial charge in [-0.2, -0.15) is 0 Å². The highest BCUT2D eigenvalue weighted by Crippen LogP contribution is 2.09. The van der Waals surface area contributed by atoms with Crippen LogP contribution in [-0.4, -0.2) is 64.7 Å². The van der Waals surface area contributed by atoms with Gasteiger partial charge in [-0.25, -0.2) is 0 Å². The third-order valence-corrected chi connectivity index (χ3v) is 3.55. The van der Waals surface area contributed by atoms with Gasteiger partial charge < -0.3 is 19.1 Å². The Bertz CT molecular complexity index is 216. The zero-order valence-corrected chi connectivity index (χ0v) is 23.4. The fourth-order valence-electron chi connectivity index (χ4n) is 2.34. The van der Waals surface area contributed by atoms with Gasteiger partial charge in [0, 0.05) is 32.9 Å². The molecule has 4 heteroatoms. The summed E-state index contributed by atoms with van der Waals surface area (Å²) in [7, 11) is 2.18. The number of rotatable bonds is 17. The van der Waals surface area contributed by atoms with E-state index >= 15 is 0 Å². The van der Waals surface area contributed by atoms with Crippen molar-refractivity contribution in [3.63, 3.8) is 0 Å². The third-order valence-electron chi connectivity index (χ3n) is 3.55. The maximum Gasteiger partial charge on any atom is 0.0701 e. The lowest BCUT2D eigenvalue weighted by Gasteiger charge is -2.21. The summed E-state index contributed by atoms with van der Waals surface area (Å²) in [6.07, 6.45) is 5.93. The Hall–Kier alpha value is -0.160. The molecule has 0 aliphatic carbocycles. The number of hydrogen-bond acceptors (Lipinski definition) is 4. The van der Waals surface area contributed by atoms with Crippen molar-refractivity contribution in [2.24, 2.45) is 5.92 Å². The van der Waals surface area contributed by atoms with Gasteiger partial charge >= 0.3 is 0 Å². The molecule has 0 saturated carbocycles. The molecule has 0 aliphatic rings. The quantitative estimate of drug-likeness (QED) is 0.218. The van der Waals surface area contributed by atoms with Crippen LogP contribution in [0.2, 0.25) is 0 Å². The molecule has 0 aromatic rings. The van der Waals surface area contributed by atoms with E-state index in [1.54, 1.807) is 0 Å². The summed E-state index contributed by atoms with van der Waals surface area (Å²) in [5.74, 6) is 0.740. The molecule has 0 aromatic carbocycles. The highest BCUT2D eigenvalue weighted by molar-refractivity contribution is 4.59. The maximum atomic E-state index is 5.59. The van der Waals surface area contributed by atoms with Crippen molar-refractivity contribution in [1.29, 1.82) is 0 Å². The first-order valence-corrected chi connectivity index (χ1v) is 13.1. The minimum absolute atomic E-state index is 0.709. The van der Waals surface area contributed by atoms with Crippen LogP contribution < -0.4 is 0 Å². The van der Waals surface area contributed by atoms with Crippen molar-refractivity contribution >= 4 is 0 Å². The van der Waals surface area contributed by atoms with Gasteiger partial charge in [-0.15, -0.1) is 0 Å². The first-order chi connectivity index (χ1) is 14.7. The molecule has 30 heavy (non-hydrogen) atoms. The van der Waals surface area contributed by atoms with Crippen LogP contribution in [-0.2, 0) is 14.2 Å². The van der Waals surface area contributed by atoms with Crippen LogP contribution >= 0.6 is 0 Å². The van der Waals surface area contributed by atoms with Gasteiger partial charge in [-0.3, -0.25) is 0 Å². The molecular formula is C26H63NO3. The number of unbranched alkanes of at least 4 members (excludes halogenated alkanes) is 1. The highest BCUT2D eigenvalue weighted by Gasteiger charge is 2.06. The maximum absolute atomic E-state index is 5.59. The lowest BCUT2D eigenvalue weighted by Crippen LogP contribution is -2.28. The minimum atomic E-state index is 0.709. The van der Waals surface area contributed by atoms with Gasteiger partial charge in [0.2, 0.25) is 0 Å². The van der Waals surface area contributed by atoms with Crippen molar-refractivity contribution in [1.82, 2.24) is 4.90 Å². The minimum Gasteiger partial charge on any atom is -0.381 e. The zero-order chi connectivity index (χ0) is 24.5. The lowest BCUT2D eigenvalue weighted by molar-refractivity contribution is 0.0399. The molecule has 4 nitrogen and oxygen atoms in total. The zero-order valence-electron chi connectivity index (χ0n) is 23.4. The molecule has 0 amide bonds. The molecule has 0 N–H and O–H groups in total. The normalized spacial score (nSPS) is 10.3. The summed E-state index contributed by atoms with van der Waals surface area (Å²) >= 11 is 0. The predicted octanol–water partition coefficient (Wildman–Crippen LogP) is 7.70. The van der Waals surface area contributed by atoms with Crippen LogP contribution in [0.5, 0.6) is 0 Å². The molecule has 0 aliphatic heterocycles. The second-order valence-corrected chi connectivity index (χ2v) is 6.20. The summed E-state index contributed by atoms with van der Waals surface area (Å²) in [6.45, 7) is 29.6. The van der Waals surface area contributed by atoms with E-state index in [1.165, 1.54) is 19.3 Å². The number of likely N-dealkylation sites (N-methyl/N-ethyl adjacent to an activating group) is 1. The van der Waals surface area contributed by atoms with Gasteiger partial charge in [-0.05, 0) is 38.6 Å². The Kier molecular flexibility index (Phi) is 62.8. The largest absolute Gasteiger partial charge is 0.381 e. The van der Waals surface area contributed by atoms with E-state index in [0.29, 0.717) is 13.2 Å². The van der Waals surface area contributed by atoms with Crippen molar-refractivity contribution in [3.8, 4) is 0 Å². The average Bonchev–Trinajstić information content (AvgIpc) is 2.81. The van der Waals surface area contributed by atoms with Crippen LogP contribution in [0.1, 0.15) is 108 Å². The van der Waals surface area contributed by atoms with E-state index in [1.807, 2.05) is 55.4 Å². The number of nitrogens with zero attached hydrogens (tertiary/aromatic N) is 1. The molecule has 0 fully saturated rings. The van der Waals surface area contributed by atoms with E-state index in [9.17, 15) is 0 Å². The summed E-state index contributed by atoms with van der Waals surface area (Å²) in [4.78, 5) is 2.37. The lowest BCUT2D eigenvalue weighted by atomic mass is 10.0. The van der Waals surface area contributed by atoms with E-state index in [-0.39, 0.29) is 0 Å². The van der Waals surface area contributed by atoms with E-state index < -0.39 is 0 Å². The molecule has 0 radical (unpaired) electrons. The standard InChI is InChI=1S/C18H39NO3.4C2H6/c1-5-11-20-13-8-7-9-18(3)17-19(4)10-14-22-16-15-21-12-6-2;4*1-2/h18H,5-17H2,1-4H3;4*1-2H3. The molecule has 1 atom stereocenters. The van der Waals surface area contributed by atoms with Crippen LogP contribution in [0.15, 0.2) is 0 Å². The van der Waals surface area contributed by atoms with Crippen molar-refractivity contribution in [2.45, 2.75) is 108 Å². The molecular weight excluding hydrogens is 374 g/mol. The van der Waals surface area contributed by atoms with Gasteiger partial charge in [0.05, 0.1) is 19.8 Å². The molecule has 0 spiro atoms. The van der Waals surface area contributed by atoms with E-state index in [4.69, 9.17) is 14.2 Å². The number of ether oxygens (including phenoxy) is 3. The van der Waals surface area contributed by atoms with Crippen LogP contribution in [0.4, 0.5) is 0 Å². The number of hydrogen-bond donors (Lipinski definition) is 0. The Morgan fingerprint density at radius 1 is 0.600 bits per heavy atom. The first kappa shape index (κ1) is 40.2. The average molecular weight is 438 g/mol. The van der Waals surface area contributed by atoms with Crippen molar-refractivity contribution in [3.05, 3.63) is 0 Å². The first-order valence-electron chi connectivity index (χ1n) is 13.1. The summed E-state index contributed by atoms with van der Waals surface area (Å²) in [5.41, 5.74) is 0. The van der Waals surface area contributed by atoms with Crippen LogP contribution in [0.3, 0.4) is 0 Å². The Morgan fingerprint density at radius 3 is 1.50 bits per heavy atom. The van der Waals surface area contributed by atoms with E-state index in [2.05, 4.69) is 32.7 Å². The van der Waals surface area contributed by atoms with Gasteiger partial charge in [0.1, 0.15) is 0 Å². The molecule has 1 unspecified atom stereocenters. The summed E-state index contributed by atoms with van der Waals surface area (Å²) < 4.78 is 16.5. The van der Waals surface area contributed by atoms with Gasteiger partial charge in [0.15, 0.2) is 0 Å². The molecule has 0 heterocycles. The Morgan fingerprint density at radius 2 is 1.03 bits per heavy atom. The van der Waals surface area contributed by atoms with E-state index in [0.717, 1.165) is 58.3 Å². The fourth-order valence-corrected chi connectivity index (χ4v) is 2.34. The topological polar surface area (TPSA) is 30.9 Å². The molecule has 190 valence electrons. The van der Waals surface area contributed by atoms with Gasteiger partial charge in [0.25, 0.3) is 0 Å². The SMILES string of the molecule is CC.CC.CC.CC.CCCOCCCCC(C)CN(C)CCOCCOCCC. The predicted molar refractivity (Wildman–Crippen MR) is 139 cm³/mol. The molecule has 0 bridgehead atoms. The Balaban J connectivity index is -0.000000231. The van der Waals surface area contributed by atoms with Crippen LogP contribution in [0, 0.1) is 5.92 Å². The second kappa shape index (κ2) is 46.9. The molecule has 0 saturated heterocycles. The fraction of sp³-hybridized carbons (Fsp3) is 1.00. The molecule has 0 aromatic heterocycles. The third kappa shape index (κ3) is 46.2.